The van der Waals surface area contributed by atoms with E-state index in [4.69, 9.17) is 0 Å². The number of nitrogens with one attached hydrogen (secondary N) is 1. The normalized spacial score (nSPS) is 20.7. The minimum atomic E-state index is -0.309. The highest BCUT2D eigenvalue weighted by atomic mass is 16.2. The third-order valence-corrected chi connectivity index (χ3v) is 6.67. The fourth-order valence-electron chi connectivity index (χ4n) is 4.60. The van der Waals surface area contributed by atoms with Gasteiger partial charge < -0.3 is 20.0 Å². The highest BCUT2D eigenvalue weighted by Gasteiger charge is 2.27. The third kappa shape index (κ3) is 5.77. The van der Waals surface area contributed by atoms with E-state index >= 15 is 0 Å². The Balaban J connectivity index is 1.50. The monoisotopic (exact) mass is 434 g/mol. The Morgan fingerprint density at radius 2 is 1.77 bits per heavy atom. The van der Waals surface area contributed by atoms with Gasteiger partial charge in [0.25, 0.3) is 5.56 Å². The van der Waals surface area contributed by atoms with Gasteiger partial charge in [0.15, 0.2) is 0 Å². The van der Waals surface area contributed by atoms with Crippen molar-refractivity contribution in [2.24, 2.45) is 13.0 Å². The van der Waals surface area contributed by atoms with E-state index in [0.717, 1.165) is 69.6 Å². The van der Waals surface area contributed by atoms with E-state index in [1.165, 1.54) is 13.1 Å². The number of carbonyl (C=O) groups is 1. The lowest BCUT2D eigenvalue weighted by Gasteiger charge is -2.35. The predicted molar refractivity (Wildman–Crippen MR) is 123 cm³/mol. The Bertz CT molecular complexity index is 856. The molecule has 1 aromatic rings. The first-order chi connectivity index (χ1) is 14.9. The van der Waals surface area contributed by atoms with Crippen LogP contribution in [0.25, 0.3) is 0 Å². The van der Waals surface area contributed by atoms with E-state index in [-0.39, 0.29) is 23.1 Å². The zero-order valence-corrected chi connectivity index (χ0v) is 19.3. The molecule has 1 unspecified atom stereocenters. The molecule has 1 amide bonds. The average molecular weight is 435 g/mol. The Morgan fingerprint density at radius 3 is 2.45 bits per heavy atom. The van der Waals surface area contributed by atoms with Gasteiger partial charge in [-0.25, -0.2) is 4.79 Å². The van der Waals surface area contributed by atoms with Crippen molar-refractivity contribution in [3.63, 3.8) is 0 Å². The van der Waals surface area contributed by atoms with Gasteiger partial charge in [0, 0.05) is 65.5 Å². The Morgan fingerprint density at radius 1 is 1.06 bits per heavy atom. The first-order valence-electron chi connectivity index (χ1n) is 11.7. The summed E-state index contributed by atoms with van der Waals surface area (Å²) in [6.45, 7) is 13.2. The van der Waals surface area contributed by atoms with Crippen LogP contribution in [0.3, 0.4) is 0 Å². The molecule has 3 heterocycles. The highest BCUT2D eigenvalue weighted by molar-refractivity contribution is 5.79. The number of anilines is 1. The number of rotatable bonds is 8. The molecule has 0 aromatic carbocycles. The molecule has 0 spiro atoms. The minimum Gasteiger partial charge on any atom is -0.357 e. The second-order valence-corrected chi connectivity index (χ2v) is 8.63. The second kappa shape index (κ2) is 10.9. The third-order valence-electron chi connectivity index (χ3n) is 6.67. The zero-order chi connectivity index (χ0) is 22.4. The molecule has 9 heteroatoms. The standard InChI is InChI=1S/C22H38N6O3/c1-4-25-12-14-26(15-13-25)10-7-9-23-21(30)18-8-6-11-27(17-18)19-16-20(29)24(3)22(31)28(19)5-2/h16,18H,4-15,17H2,1-3H3,(H,23,30). The summed E-state index contributed by atoms with van der Waals surface area (Å²) in [7, 11) is 1.50. The van der Waals surface area contributed by atoms with E-state index in [0.29, 0.717) is 25.5 Å². The summed E-state index contributed by atoms with van der Waals surface area (Å²) in [6.07, 6.45) is 2.66. The van der Waals surface area contributed by atoms with E-state index in [1.54, 1.807) is 4.57 Å². The SMILES string of the molecule is CCN1CCN(CCCNC(=O)C2CCCN(c3cc(=O)n(C)c(=O)n3CC)C2)CC1. The fraction of sp³-hybridized carbons (Fsp3) is 0.773. The van der Waals surface area contributed by atoms with Crippen molar-refractivity contribution >= 4 is 11.7 Å². The number of nitrogens with zero attached hydrogens (tertiary/aromatic N) is 5. The van der Waals surface area contributed by atoms with E-state index in [9.17, 15) is 14.4 Å². The lowest BCUT2D eigenvalue weighted by molar-refractivity contribution is -0.125. The average Bonchev–Trinajstić information content (AvgIpc) is 2.80. The van der Waals surface area contributed by atoms with Crippen molar-refractivity contribution < 1.29 is 4.79 Å². The highest BCUT2D eigenvalue weighted by Crippen LogP contribution is 2.22. The van der Waals surface area contributed by atoms with Crippen LogP contribution in [0.5, 0.6) is 0 Å². The van der Waals surface area contributed by atoms with Gasteiger partial charge in [-0.15, -0.1) is 0 Å². The maximum absolute atomic E-state index is 12.8. The van der Waals surface area contributed by atoms with E-state index in [2.05, 4.69) is 22.0 Å². The number of aromatic nitrogens is 2. The summed E-state index contributed by atoms with van der Waals surface area (Å²) in [5.74, 6) is 0.584. The molecular weight excluding hydrogens is 396 g/mol. The molecule has 1 N–H and O–H groups in total. The van der Waals surface area contributed by atoms with Gasteiger partial charge in [-0.3, -0.25) is 18.7 Å². The molecule has 0 radical (unpaired) electrons. The van der Waals surface area contributed by atoms with E-state index in [1.807, 2.05) is 11.8 Å². The first kappa shape index (κ1) is 23.5. The van der Waals surface area contributed by atoms with Gasteiger partial charge in [-0.05, 0) is 39.3 Å². The Kier molecular flexibility index (Phi) is 8.31. The molecule has 2 saturated heterocycles. The summed E-state index contributed by atoms with van der Waals surface area (Å²) >= 11 is 0. The lowest BCUT2D eigenvalue weighted by atomic mass is 9.97. The molecule has 31 heavy (non-hydrogen) atoms. The quantitative estimate of drug-likeness (QED) is 0.577. The molecule has 1 aromatic heterocycles. The van der Waals surface area contributed by atoms with Crippen LogP contribution in [-0.2, 0) is 18.4 Å². The Labute approximate surface area is 184 Å². The van der Waals surface area contributed by atoms with Crippen molar-refractivity contribution in [2.45, 2.75) is 39.7 Å². The van der Waals surface area contributed by atoms with Gasteiger partial charge in [0.1, 0.15) is 5.82 Å². The number of likely N-dealkylation sites (N-methyl/N-ethyl adjacent to an activating group) is 1. The van der Waals surface area contributed by atoms with Gasteiger partial charge in [0.05, 0.1) is 5.92 Å². The molecule has 0 saturated carbocycles. The molecule has 0 bridgehead atoms. The summed E-state index contributed by atoms with van der Waals surface area (Å²) in [5, 5.41) is 3.11. The van der Waals surface area contributed by atoms with E-state index < -0.39 is 0 Å². The number of amides is 1. The maximum Gasteiger partial charge on any atom is 0.332 e. The molecule has 2 fully saturated rings. The van der Waals surface area contributed by atoms with Crippen LogP contribution in [0.4, 0.5) is 5.82 Å². The largest absolute Gasteiger partial charge is 0.357 e. The van der Waals surface area contributed by atoms with Crippen LogP contribution in [0.15, 0.2) is 15.7 Å². The van der Waals surface area contributed by atoms with Gasteiger partial charge in [0.2, 0.25) is 5.91 Å². The minimum absolute atomic E-state index is 0.0785. The number of piperazine rings is 1. The molecule has 2 aliphatic rings. The second-order valence-electron chi connectivity index (χ2n) is 8.63. The fourth-order valence-corrected chi connectivity index (χ4v) is 4.60. The van der Waals surface area contributed by atoms with Crippen LogP contribution in [0.2, 0.25) is 0 Å². The summed E-state index contributed by atoms with van der Waals surface area (Å²) < 4.78 is 2.74. The van der Waals surface area contributed by atoms with Crippen LogP contribution in [-0.4, -0.2) is 83.7 Å². The summed E-state index contributed by atoms with van der Waals surface area (Å²) in [5.41, 5.74) is -0.618. The van der Waals surface area contributed by atoms with Crippen molar-refractivity contribution in [1.82, 2.24) is 24.3 Å². The number of piperidine rings is 1. The molecule has 3 rings (SSSR count). The first-order valence-corrected chi connectivity index (χ1v) is 11.7. The van der Waals surface area contributed by atoms with Crippen molar-refractivity contribution in [1.29, 1.82) is 0 Å². The number of hydrogen-bond donors (Lipinski definition) is 1. The van der Waals surface area contributed by atoms with Crippen molar-refractivity contribution in [3.05, 3.63) is 26.9 Å². The number of hydrogen-bond acceptors (Lipinski definition) is 6. The van der Waals surface area contributed by atoms with Crippen LogP contribution >= 0.6 is 0 Å². The summed E-state index contributed by atoms with van der Waals surface area (Å²) in [6, 6.07) is 1.52. The molecule has 0 aliphatic carbocycles. The number of carbonyl (C=O) groups excluding carboxylic acids is 1. The zero-order valence-electron chi connectivity index (χ0n) is 19.3. The van der Waals surface area contributed by atoms with Crippen LogP contribution in [0, 0.1) is 5.92 Å². The van der Waals surface area contributed by atoms with Gasteiger partial charge >= 0.3 is 5.69 Å². The van der Waals surface area contributed by atoms with Gasteiger partial charge in [-0.2, -0.15) is 0 Å². The lowest BCUT2D eigenvalue weighted by Crippen LogP contribution is -2.48. The van der Waals surface area contributed by atoms with Crippen LogP contribution < -0.4 is 21.5 Å². The smallest absolute Gasteiger partial charge is 0.332 e. The summed E-state index contributed by atoms with van der Waals surface area (Å²) in [4.78, 5) is 44.3. The molecule has 1 atom stereocenters. The Hall–Kier alpha value is -2.13. The van der Waals surface area contributed by atoms with Gasteiger partial charge in [-0.1, -0.05) is 6.92 Å². The maximum atomic E-state index is 12.8. The molecule has 174 valence electrons. The van der Waals surface area contributed by atoms with Crippen molar-refractivity contribution in [2.75, 3.05) is 63.8 Å². The predicted octanol–water partition coefficient (Wildman–Crippen LogP) is -0.0729. The molecule has 2 aliphatic heterocycles. The molecule has 9 nitrogen and oxygen atoms in total. The molecular formula is C22H38N6O3. The topological polar surface area (TPSA) is 82.8 Å². The van der Waals surface area contributed by atoms with Crippen molar-refractivity contribution in [3.8, 4) is 0 Å². The van der Waals surface area contributed by atoms with Crippen LogP contribution in [0.1, 0.15) is 33.1 Å².